The Morgan fingerprint density at radius 1 is 1.14 bits per heavy atom. The predicted molar refractivity (Wildman–Crippen MR) is 78.0 cm³/mol. The molecule has 0 amide bonds. The maximum Gasteiger partial charge on any atom is 0.141 e. The molecule has 0 aliphatic heterocycles. The number of benzene rings is 2. The largest absolute Gasteiger partial charge is 0.379 e. The molecule has 1 aromatic heterocycles. The van der Waals surface area contributed by atoms with Crippen LogP contribution in [0.25, 0.3) is 11.0 Å². The molecule has 102 valence electrons. The SMILES string of the molecule is N#Cc1cc(NCc2cnc3ccccc3n2)ccc1F. The first-order valence-electron chi connectivity index (χ1n) is 6.40. The van der Waals surface area contributed by atoms with Gasteiger partial charge in [0.1, 0.15) is 11.9 Å². The van der Waals surface area contributed by atoms with E-state index in [1.165, 1.54) is 12.1 Å². The molecule has 4 nitrogen and oxygen atoms in total. The predicted octanol–water partition coefficient (Wildman–Crippen LogP) is 3.25. The molecule has 0 bridgehead atoms. The van der Waals surface area contributed by atoms with Crippen LogP contribution >= 0.6 is 0 Å². The number of aromatic nitrogens is 2. The molecule has 0 aliphatic rings. The Morgan fingerprint density at radius 3 is 2.76 bits per heavy atom. The fourth-order valence-corrected chi connectivity index (χ4v) is 1.99. The third-order valence-electron chi connectivity index (χ3n) is 3.06. The molecular weight excluding hydrogens is 267 g/mol. The number of rotatable bonds is 3. The Labute approximate surface area is 120 Å². The first-order valence-corrected chi connectivity index (χ1v) is 6.40. The average Bonchev–Trinajstić information content (AvgIpc) is 2.54. The van der Waals surface area contributed by atoms with Crippen molar-refractivity contribution in [1.82, 2.24) is 9.97 Å². The lowest BCUT2D eigenvalue weighted by Crippen LogP contribution is -2.03. The van der Waals surface area contributed by atoms with E-state index < -0.39 is 5.82 Å². The topological polar surface area (TPSA) is 61.6 Å². The van der Waals surface area contributed by atoms with Gasteiger partial charge in [0.2, 0.25) is 0 Å². The number of nitrogens with one attached hydrogen (secondary N) is 1. The summed E-state index contributed by atoms with van der Waals surface area (Å²) in [5.41, 5.74) is 3.13. The molecule has 0 unspecified atom stereocenters. The summed E-state index contributed by atoms with van der Waals surface area (Å²) in [6.07, 6.45) is 1.70. The first kappa shape index (κ1) is 13.0. The van der Waals surface area contributed by atoms with Crippen molar-refractivity contribution in [1.29, 1.82) is 5.26 Å². The van der Waals surface area contributed by atoms with Gasteiger partial charge in [-0.3, -0.25) is 4.98 Å². The van der Waals surface area contributed by atoms with Gasteiger partial charge < -0.3 is 5.32 Å². The summed E-state index contributed by atoms with van der Waals surface area (Å²) in [4.78, 5) is 8.81. The van der Waals surface area contributed by atoms with Crippen LogP contribution in [0.3, 0.4) is 0 Å². The van der Waals surface area contributed by atoms with Crippen LogP contribution < -0.4 is 5.32 Å². The molecule has 3 rings (SSSR count). The van der Waals surface area contributed by atoms with Crippen LogP contribution in [0.5, 0.6) is 0 Å². The molecule has 0 fully saturated rings. The first-order chi connectivity index (χ1) is 10.3. The molecule has 5 heteroatoms. The van der Waals surface area contributed by atoms with Gasteiger partial charge in [-0.2, -0.15) is 5.26 Å². The van der Waals surface area contributed by atoms with E-state index in [4.69, 9.17) is 5.26 Å². The molecule has 2 aromatic carbocycles. The number of anilines is 1. The highest BCUT2D eigenvalue weighted by atomic mass is 19.1. The van der Waals surface area contributed by atoms with Gasteiger partial charge in [-0.1, -0.05) is 12.1 Å². The van der Waals surface area contributed by atoms with E-state index >= 15 is 0 Å². The van der Waals surface area contributed by atoms with Crippen LogP contribution in [0.15, 0.2) is 48.7 Å². The van der Waals surface area contributed by atoms with E-state index in [0.717, 1.165) is 16.7 Å². The molecule has 1 heterocycles. The second kappa shape index (κ2) is 5.55. The zero-order valence-electron chi connectivity index (χ0n) is 11.0. The average molecular weight is 278 g/mol. The lowest BCUT2D eigenvalue weighted by molar-refractivity contribution is 0.624. The van der Waals surface area contributed by atoms with Gasteiger partial charge >= 0.3 is 0 Å². The lowest BCUT2D eigenvalue weighted by atomic mass is 10.2. The van der Waals surface area contributed by atoms with Crippen molar-refractivity contribution in [3.8, 4) is 6.07 Å². The highest BCUT2D eigenvalue weighted by molar-refractivity contribution is 5.73. The number of nitrogens with zero attached hydrogens (tertiary/aromatic N) is 3. The minimum atomic E-state index is -0.520. The standard InChI is InChI=1S/C16H11FN4/c17-14-6-5-12(7-11(14)8-18)19-9-13-10-20-15-3-1-2-4-16(15)21-13/h1-7,10,19H,9H2. The molecule has 0 radical (unpaired) electrons. The van der Waals surface area contributed by atoms with Crippen LogP contribution in [0.1, 0.15) is 11.3 Å². The summed E-state index contributed by atoms with van der Waals surface area (Å²) >= 11 is 0. The van der Waals surface area contributed by atoms with Gasteiger partial charge in [0.25, 0.3) is 0 Å². The summed E-state index contributed by atoms with van der Waals surface area (Å²) in [6, 6.07) is 13.8. The van der Waals surface area contributed by atoms with Crippen LogP contribution in [0.4, 0.5) is 10.1 Å². The number of hydrogen-bond acceptors (Lipinski definition) is 4. The fourth-order valence-electron chi connectivity index (χ4n) is 1.99. The minimum Gasteiger partial charge on any atom is -0.379 e. The van der Waals surface area contributed by atoms with E-state index in [2.05, 4.69) is 15.3 Å². The van der Waals surface area contributed by atoms with Crippen LogP contribution in [-0.4, -0.2) is 9.97 Å². The van der Waals surface area contributed by atoms with Gasteiger partial charge in [0, 0.05) is 5.69 Å². The highest BCUT2D eigenvalue weighted by Crippen LogP contribution is 2.15. The molecular formula is C16H11FN4. The van der Waals surface area contributed by atoms with E-state index in [9.17, 15) is 4.39 Å². The molecule has 0 saturated heterocycles. The highest BCUT2D eigenvalue weighted by Gasteiger charge is 2.03. The van der Waals surface area contributed by atoms with Crippen molar-refractivity contribution >= 4 is 16.7 Å². The van der Waals surface area contributed by atoms with Crippen molar-refractivity contribution in [3.63, 3.8) is 0 Å². The number of halogens is 1. The lowest BCUT2D eigenvalue weighted by Gasteiger charge is -2.07. The smallest absolute Gasteiger partial charge is 0.141 e. The second-order valence-electron chi connectivity index (χ2n) is 4.51. The number of nitriles is 1. The summed E-state index contributed by atoms with van der Waals surface area (Å²) < 4.78 is 13.2. The number of para-hydroxylation sites is 2. The van der Waals surface area contributed by atoms with Crippen molar-refractivity contribution in [2.45, 2.75) is 6.54 Å². The Hall–Kier alpha value is -3.00. The van der Waals surface area contributed by atoms with E-state index in [0.29, 0.717) is 12.2 Å². The number of hydrogen-bond donors (Lipinski definition) is 1. The monoisotopic (exact) mass is 278 g/mol. The van der Waals surface area contributed by atoms with Gasteiger partial charge in [-0.15, -0.1) is 0 Å². The molecule has 0 atom stereocenters. The van der Waals surface area contributed by atoms with Gasteiger partial charge in [-0.05, 0) is 30.3 Å². The Morgan fingerprint density at radius 2 is 1.95 bits per heavy atom. The third-order valence-corrected chi connectivity index (χ3v) is 3.06. The van der Waals surface area contributed by atoms with E-state index in [-0.39, 0.29) is 5.56 Å². The van der Waals surface area contributed by atoms with Crippen molar-refractivity contribution in [3.05, 3.63) is 65.7 Å². The van der Waals surface area contributed by atoms with Crippen LogP contribution in [-0.2, 0) is 6.54 Å². The summed E-state index contributed by atoms with van der Waals surface area (Å²) in [6.45, 7) is 0.453. The van der Waals surface area contributed by atoms with Gasteiger partial charge in [0.05, 0.1) is 35.0 Å². The quantitative estimate of drug-likeness (QED) is 0.798. The molecule has 1 N–H and O–H groups in total. The van der Waals surface area contributed by atoms with Crippen molar-refractivity contribution in [2.75, 3.05) is 5.32 Å². The Bertz CT molecular complexity index is 839. The molecule has 3 aromatic rings. The second-order valence-corrected chi connectivity index (χ2v) is 4.51. The third kappa shape index (κ3) is 2.79. The van der Waals surface area contributed by atoms with Crippen LogP contribution in [0.2, 0.25) is 0 Å². The number of fused-ring (bicyclic) bond motifs is 1. The van der Waals surface area contributed by atoms with Gasteiger partial charge in [-0.25, -0.2) is 9.37 Å². The maximum atomic E-state index is 13.2. The zero-order chi connectivity index (χ0) is 14.7. The van der Waals surface area contributed by atoms with Crippen molar-refractivity contribution < 1.29 is 4.39 Å². The Kier molecular flexibility index (Phi) is 3.44. The maximum absolute atomic E-state index is 13.2. The summed E-state index contributed by atoms with van der Waals surface area (Å²) in [5.74, 6) is -0.520. The summed E-state index contributed by atoms with van der Waals surface area (Å²) in [5, 5.41) is 11.9. The molecule has 0 spiro atoms. The normalized spacial score (nSPS) is 10.3. The molecule has 0 aliphatic carbocycles. The van der Waals surface area contributed by atoms with Crippen LogP contribution in [0, 0.1) is 17.1 Å². The fraction of sp³-hybridized carbons (Fsp3) is 0.0625. The van der Waals surface area contributed by atoms with Gasteiger partial charge in [0.15, 0.2) is 0 Å². The van der Waals surface area contributed by atoms with E-state index in [1.54, 1.807) is 12.3 Å². The minimum absolute atomic E-state index is 0.0181. The van der Waals surface area contributed by atoms with Crippen molar-refractivity contribution in [2.24, 2.45) is 0 Å². The summed E-state index contributed by atoms with van der Waals surface area (Å²) in [7, 11) is 0. The zero-order valence-corrected chi connectivity index (χ0v) is 11.0. The Balaban J connectivity index is 1.78. The molecule has 0 saturated carbocycles. The molecule has 21 heavy (non-hydrogen) atoms. The van der Waals surface area contributed by atoms with E-state index in [1.807, 2.05) is 30.3 Å².